The largest absolute Gasteiger partial charge is 0.481 e. The van der Waals surface area contributed by atoms with Crippen LogP contribution in [-0.2, 0) is 16.8 Å². The average Bonchev–Trinajstić information content (AvgIpc) is 3.46. The number of carbonyl (C=O) groups is 2. The number of hydrogen-bond acceptors (Lipinski definition) is 2. The lowest BCUT2D eigenvalue weighted by atomic mass is 9.78. The van der Waals surface area contributed by atoms with Crippen LogP contribution in [0.4, 0.5) is 4.79 Å². The van der Waals surface area contributed by atoms with Gasteiger partial charge in [0.15, 0.2) is 0 Å². The minimum absolute atomic E-state index is 0.191. The molecule has 0 radical (unpaired) electrons. The molecule has 1 aliphatic heterocycles. The van der Waals surface area contributed by atoms with E-state index in [4.69, 9.17) is 11.6 Å². The molecular weight excluding hydrogens is 424 g/mol. The van der Waals surface area contributed by atoms with Crippen molar-refractivity contribution in [2.24, 2.45) is 16.7 Å². The fourth-order valence-corrected chi connectivity index (χ4v) is 4.75. The molecule has 1 fully saturated rings. The zero-order valence-corrected chi connectivity index (χ0v) is 21.0. The topological polar surface area (TPSA) is 69.6 Å². The van der Waals surface area contributed by atoms with Gasteiger partial charge in [-0.25, -0.2) is 4.79 Å². The molecule has 0 unspecified atom stereocenters. The number of nitrogens with one attached hydrogen (secondary N) is 1. The van der Waals surface area contributed by atoms with Crippen LogP contribution in [0.1, 0.15) is 78.4 Å². The van der Waals surface area contributed by atoms with E-state index in [1.807, 2.05) is 19.2 Å². The van der Waals surface area contributed by atoms with Crippen molar-refractivity contribution in [1.29, 1.82) is 0 Å². The molecule has 1 saturated carbocycles. The van der Waals surface area contributed by atoms with Crippen molar-refractivity contribution in [3.63, 3.8) is 0 Å². The number of carboxylic acids is 1. The molecule has 6 heteroatoms. The minimum atomic E-state index is -0.756. The average molecular weight is 461 g/mol. The second-order valence-corrected chi connectivity index (χ2v) is 11.6. The molecule has 1 atom stereocenters. The van der Waals surface area contributed by atoms with Gasteiger partial charge in [-0.3, -0.25) is 4.79 Å². The highest BCUT2D eigenvalue weighted by molar-refractivity contribution is 6.31. The minimum Gasteiger partial charge on any atom is -0.481 e. The molecule has 2 aliphatic rings. The normalized spacial score (nSPS) is 22.6. The van der Waals surface area contributed by atoms with E-state index in [1.54, 1.807) is 4.90 Å². The summed E-state index contributed by atoms with van der Waals surface area (Å²) in [7, 11) is 0. The van der Waals surface area contributed by atoms with E-state index in [0.29, 0.717) is 25.8 Å². The molecule has 32 heavy (non-hydrogen) atoms. The summed E-state index contributed by atoms with van der Waals surface area (Å²) in [5.74, 6) is -0.564. The van der Waals surface area contributed by atoms with Crippen molar-refractivity contribution in [3.8, 4) is 0 Å². The van der Waals surface area contributed by atoms with E-state index in [9.17, 15) is 14.7 Å². The Morgan fingerprint density at radius 1 is 1.28 bits per heavy atom. The third-order valence-electron chi connectivity index (χ3n) is 7.03. The molecule has 0 saturated heterocycles. The summed E-state index contributed by atoms with van der Waals surface area (Å²) in [4.78, 5) is 26.2. The van der Waals surface area contributed by atoms with Gasteiger partial charge in [-0.05, 0) is 73.1 Å². The predicted octanol–water partition coefficient (Wildman–Crippen LogP) is 6.35. The quantitative estimate of drug-likeness (QED) is 0.474. The lowest BCUT2D eigenvalue weighted by Crippen LogP contribution is -2.55. The van der Waals surface area contributed by atoms with Gasteiger partial charge in [0, 0.05) is 17.8 Å². The molecule has 1 heterocycles. The Hall–Kier alpha value is -2.01. The summed E-state index contributed by atoms with van der Waals surface area (Å²) in [5, 5.41) is 13.4. The molecule has 2 amide bonds. The van der Waals surface area contributed by atoms with Gasteiger partial charge < -0.3 is 15.3 Å². The zero-order chi connectivity index (χ0) is 23.9. The van der Waals surface area contributed by atoms with Crippen LogP contribution in [0.5, 0.6) is 0 Å². The van der Waals surface area contributed by atoms with Gasteiger partial charge in [-0.2, -0.15) is 0 Å². The number of carbonyl (C=O) groups excluding carboxylic acids is 1. The SMILES string of the molecule is CC(C)C1=CN(CCC2(C(=O)O)CC2)C(=O)N[C@@]1(C)c1ccc(CCC(C)(C)C)c(Cl)c1. The van der Waals surface area contributed by atoms with Crippen molar-refractivity contribution in [2.75, 3.05) is 6.54 Å². The first kappa shape index (κ1) is 24.6. The van der Waals surface area contributed by atoms with Crippen molar-refractivity contribution in [1.82, 2.24) is 10.2 Å². The molecule has 0 bridgehead atoms. The lowest BCUT2D eigenvalue weighted by molar-refractivity contribution is -0.143. The standard InChI is InChI=1S/C26H37ClN2O3/c1-17(2)20-16-29(14-13-26(11-12-26)22(30)31)23(32)28-25(20,6)19-8-7-18(21(27)15-19)9-10-24(3,4)5/h7-8,15-17H,9-14H2,1-6H3,(H,28,32)(H,30,31)/t25-/m0/s1. The number of benzene rings is 1. The Labute approximate surface area is 197 Å². The van der Waals surface area contributed by atoms with Crippen LogP contribution in [0, 0.1) is 16.7 Å². The summed E-state index contributed by atoms with van der Waals surface area (Å²) in [5.41, 5.74) is 2.08. The van der Waals surface area contributed by atoms with Gasteiger partial charge >= 0.3 is 12.0 Å². The first-order chi connectivity index (χ1) is 14.8. The number of aryl methyl sites for hydroxylation is 1. The van der Waals surface area contributed by atoms with E-state index < -0.39 is 16.9 Å². The molecule has 0 spiro atoms. The molecule has 1 aromatic rings. The number of carboxylic acid groups (broad SMARTS) is 1. The maximum atomic E-state index is 13.0. The molecule has 1 aromatic carbocycles. The Morgan fingerprint density at radius 2 is 1.94 bits per heavy atom. The highest BCUT2D eigenvalue weighted by Gasteiger charge is 2.50. The molecule has 5 nitrogen and oxygen atoms in total. The second-order valence-electron chi connectivity index (χ2n) is 11.2. The number of hydrogen-bond donors (Lipinski definition) is 2. The monoisotopic (exact) mass is 460 g/mol. The summed E-state index contributed by atoms with van der Waals surface area (Å²) in [6, 6.07) is 5.93. The van der Waals surface area contributed by atoms with Gasteiger partial charge in [0.1, 0.15) is 0 Å². The molecular formula is C26H37ClN2O3. The number of rotatable bonds is 8. The third-order valence-corrected chi connectivity index (χ3v) is 7.38. The maximum absolute atomic E-state index is 13.0. The van der Waals surface area contributed by atoms with Gasteiger partial charge in [0.25, 0.3) is 0 Å². The number of aliphatic carboxylic acids is 1. The lowest BCUT2D eigenvalue weighted by Gasteiger charge is -2.42. The van der Waals surface area contributed by atoms with Crippen LogP contribution in [0.15, 0.2) is 30.0 Å². The van der Waals surface area contributed by atoms with Crippen LogP contribution in [0.3, 0.4) is 0 Å². The Bertz CT molecular complexity index is 927. The molecule has 0 aromatic heterocycles. The smallest absolute Gasteiger partial charge is 0.322 e. The van der Waals surface area contributed by atoms with E-state index in [0.717, 1.165) is 34.6 Å². The van der Waals surface area contributed by atoms with E-state index in [1.165, 1.54) is 0 Å². The van der Waals surface area contributed by atoms with Crippen LogP contribution in [0.25, 0.3) is 0 Å². The predicted molar refractivity (Wildman–Crippen MR) is 129 cm³/mol. The van der Waals surface area contributed by atoms with Crippen molar-refractivity contribution in [2.45, 2.75) is 79.2 Å². The van der Waals surface area contributed by atoms with Gasteiger partial charge in [0.2, 0.25) is 0 Å². The Morgan fingerprint density at radius 3 is 2.44 bits per heavy atom. The van der Waals surface area contributed by atoms with Crippen LogP contribution in [-0.4, -0.2) is 28.6 Å². The Balaban J connectivity index is 1.85. The van der Waals surface area contributed by atoms with E-state index in [-0.39, 0.29) is 17.4 Å². The summed E-state index contributed by atoms with van der Waals surface area (Å²) in [6.45, 7) is 13.3. The Kier molecular flexibility index (Phi) is 6.72. The van der Waals surface area contributed by atoms with Crippen molar-refractivity contribution >= 4 is 23.6 Å². The number of nitrogens with zero attached hydrogens (tertiary/aromatic N) is 1. The molecule has 3 rings (SSSR count). The van der Waals surface area contributed by atoms with Gasteiger partial charge in [0.05, 0.1) is 11.0 Å². The molecule has 1 aliphatic carbocycles. The van der Waals surface area contributed by atoms with Crippen molar-refractivity contribution in [3.05, 3.63) is 46.1 Å². The molecule has 2 N–H and O–H groups in total. The molecule has 176 valence electrons. The maximum Gasteiger partial charge on any atom is 0.322 e. The van der Waals surface area contributed by atoms with Crippen LogP contribution < -0.4 is 5.32 Å². The summed E-state index contributed by atoms with van der Waals surface area (Å²) < 4.78 is 0. The van der Waals surface area contributed by atoms with Gasteiger partial charge in [-0.1, -0.05) is 58.4 Å². The van der Waals surface area contributed by atoms with Gasteiger partial charge in [-0.15, -0.1) is 0 Å². The van der Waals surface area contributed by atoms with E-state index in [2.05, 4.69) is 52.1 Å². The number of urea groups is 1. The van der Waals surface area contributed by atoms with Crippen molar-refractivity contribution < 1.29 is 14.7 Å². The fourth-order valence-electron chi connectivity index (χ4n) is 4.47. The summed E-state index contributed by atoms with van der Waals surface area (Å²) >= 11 is 6.67. The summed E-state index contributed by atoms with van der Waals surface area (Å²) in [6.07, 6.45) is 5.74. The van der Waals surface area contributed by atoms with Crippen LogP contribution >= 0.6 is 11.6 Å². The number of halogens is 1. The highest BCUT2D eigenvalue weighted by Crippen LogP contribution is 2.49. The number of amides is 2. The zero-order valence-electron chi connectivity index (χ0n) is 20.2. The fraction of sp³-hybridized carbons (Fsp3) is 0.615. The highest BCUT2D eigenvalue weighted by atomic mass is 35.5. The third kappa shape index (κ3) is 5.14. The van der Waals surface area contributed by atoms with E-state index >= 15 is 0 Å². The first-order valence-corrected chi connectivity index (χ1v) is 12.0. The van der Waals surface area contributed by atoms with Crippen LogP contribution in [0.2, 0.25) is 5.02 Å². The second kappa shape index (κ2) is 8.74. The first-order valence-electron chi connectivity index (χ1n) is 11.6.